The molecule has 0 fully saturated rings. The van der Waals surface area contributed by atoms with Crippen LogP contribution in [0, 0.1) is 11.8 Å². The summed E-state index contributed by atoms with van der Waals surface area (Å²) in [5, 5.41) is 13.8. The molecule has 3 N–H and O–H groups in total. The molecule has 3 heterocycles. The average Bonchev–Trinajstić information content (AvgIpc) is 3.26. The van der Waals surface area contributed by atoms with Crippen molar-refractivity contribution in [3.63, 3.8) is 0 Å². The third-order valence-electron chi connectivity index (χ3n) is 5.13. The number of anilines is 2. The molecule has 0 saturated heterocycles. The lowest BCUT2D eigenvalue weighted by atomic mass is 10.1. The molecule has 7 nitrogen and oxygen atoms in total. The lowest BCUT2D eigenvalue weighted by Crippen LogP contribution is -2.43. The maximum atomic E-state index is 13.2. The van der Waals surface area contributed by atoms with E-state index in [9.17, 15) is 23.1 Å². The van der Waals surface area contributed by atoms with Gasteiger partial charge in [-0.15, -0.1) is 0 Å². The summed E-state index contributed by atoms with van der Waals surface area (Å²) in [6.07, 6.45) is -1.55. The number of aromatic nitrogens is 3. The number of fused-ring (bicyclic) bond motifs is 1. The third kappa shape index (κ3) is 4.89. The van der Waals surface area contributed by atoms with Crippen LogP contribution in [-0.4, -0.2) is 32.3 Å². The standard InChI is InChI=1S/C22H18F3N5O2.C2H6/c1-13-11-29(18-6-4-17(5-7-18)22(23,24)25)21(32)20-15(10-28-30(13)20)3-2-14-9-27-19(26)8-16(14)12-31;1-2/h4-10,13,31H,11-12H2,1H3,(H2,26,27);1-2H3/t13-;/m0./s1. The van der Waals surface area contributed by atoms with Gasteiger partial charge in [-0.2, -0.15) is 18.3 Å². The highest BCUT2D eigenvalue weighted by molar-refractivity contribution is 6.07. The fourth-order valence-corrected chi connectivity index (χ4v) is 3.50. The number of hydrogen-bond donors (Lipinski definition) is 2. The van der Waals surface area contributed by atoms with Gasteiger partial charge in [0.25, 0.3) is 5.91 Å². The topological polar surface area (TPSA) is 97.3 Å². The monoisotopic (exact) mass is 471 g/mol. The second kappa shape index (κ2) is 9.97. The summed E-state index contributed by atoms with van der Waals surface area (Å²) in [4.78, 5) is 18.6. The van der Waals surface area contributed by atoms with Crippen LogP contribution in [0.4, 0.5) is 24.7 Å². The molecule has 178 valence electrons. The molecule has 10 heteroatoms. The number of amides is 1. The highest BCUT2D eigenvalue weighted by atomic mass is 19.4. The number of nitrogens with two attached hydrogens (primary N) is 1. The summed E-state index contributed by atoms with van der Waals surface area (Å²) in [5.74, 6) is 5.61. The number of pyridine rings is 1. The Morgan fingerprint density at radius 1 is 1.15 bits per heavy atom. The smallest absolute Gasteiger partial charge is 0.392 e. The van der Waals surface area contributed by atoms with Crippen molar-refractivity contribution in [2.45, 2.75) is 39.6 Å². The Balaban J connectivity index is 0.00000158. The maximum absolute atomic E-state index is 13.2. The quantitative estimate of drug-likeness (QED) is 0.551. The van der Waals surface area contributed by atoms with Crippen molar-refractivity contribution in [1.82, 2.24) is 14.8 Å². The van der Waals surface area contributed by atoms with Crippen LogP contribution in [0.5, 0.6) is 0 Å². The third-order valence-corrected chi connectivity index (χ3v) is 5.13. The van der Waals surface area contributed by atoms with Crippen molar-refractivity contribution in [2.75, 3.05) is 17.2 Å². The summed E-state index contributed by atoms with van der Waals surface area (Å²) < 4.78 is 40.2. The number of nitrogen functional groups attached to an aromatic ring is 1. The molecule has 0 aliphatic carbocycles. The highest BCUT2D eigenvalue weighted by Crippen LogP contribution is 2.32. The first-order chi connectivity index (χ1) is 16.2. The molecule has 1 aliphatic heterocycles. The molecule has 1 aliphatic rings. The molecule has 0 radical (unpaired) electrons. The molecular formula is C24H24F3N5O2. The lowest BCUT2D eigenvalue weighted by Gasteiger charge is -2.32. The highest BCUT2D eigenvalue weighted by Gasteiger charge is 2.34. The number of hydrogen-bond acceptors (Lipinski definition) is 5. The summed E-state index contributed by atoms with van der Waals surface area (Å²) in [6.45, 7) is 5.83. The van der Waals surface area contributed by atoms with E-state index in [4.69, 9.17) is 5.73 Å². The molecule has 34 heavy (non-hydrogen) atoms. The van der Waals surface area contributed by atoms with Crippen molar-refractivity contribution < 1.29 is 23.1 Å². The van der Waals surface area contributed by atoms with Gasteiger partial charge in [-0.25, -0.2) is 4.98 Å². The molecule has 0 spiro atoms. The predicted molar refractivity (Wildman–Crippen MR) is 122 cm³/mol. The van der Waals surface area contributed by atoms with Gasteiger partial charge in [0.1, 0.15) is 11.5 Å². The lowest BCUT2D eigenvalue weighted by molar-refractivity contribution is -0.137. The summed E-state index contributed by atoms with van der Waals surface area (Å²) in [7, 11) is 0. The fraction of sp³-hybridized carbons (Fsp3) is 0.292. The Morgan fingerprint density at radius 2 is 1.79 bits per heavy atom. The van der Waals surface area contributed by atoms with Crippen LogP contribution in [0.3, 0.4) is 0 Å². The largest absolute Gasteiger partial charge is 0.416 e. The zero-order valence-electron chi connectivity index (χ0n) is 18.9. The Hall–Kier alpha value is -3.84. The van der Waals surface area contributed by atoms with Crippen LogP contribution in [0.1, 0.15) is 59.6 Å². The summed E-state index contributed by atoms with van der Waals surface area (Å²) >= 11 is 0. The molecule has 4 rings (SSSR count). The minimum absolute atomic E-state index is 0.216. The van der Waals surface area contributed by atoms with Gasteiger partial charge in [0.05, 0.1) is 30.0 Å². The summed E-state index contributed by atoms with van der Waals surface area (Å²) in [6, 6.07) is 5.75. The molecule has 1 aromatic carbocycles. The number of aliphatic hydroxyl groups is 1. The average molecular weight is 471 g/mol. The van der Waals surface area contributed by atoms with Gasteiger partial charge in [-0.05, 0) is 42.8 Å². The van der Waals surface area contributed by atoms with Crippen LogP contribution in [0.15, 0.2) is 42.7 Å². The van der Waals surface area contributed by atoms with E-state index >= 15 is 0 Å². The fourth-order valence-electron chi connectivity index (χ4n) is 3.50. The number of aliphatic hydroxyl groups excluding tert-OH is 1. The van der Waals surface area contributed by atoms with Crippen molar-refractivity contribution >= 4 is 17.4 Å². The second-order valence-corrected chi connectivity index (χ2v) is 7.34. The predicted octanol–water partition coefficient (Wildman–Crippen LogP) is 4.02. The van der Waals surface area contributed by atoms with E-state index in [-0.39, 0.29) is 30.7 Å². The molecule has 3 aromatic rings. The number of benzene rings is 1. The molecule has 0 unspecified atom stereocenters. The molecule has 2 aromatic heterocycles. The van der Waals surface area contributed by atoms with Gasteiger partial charge >= 0.3 is 6.18 Å². The molecule has 1 amide bonds. The van der Waals surface area contributed by atoms with E-state index in [1.54, 1.807) is 4.68 Å². The van der Waals surface area contributed by atoms with Gasteiger partial charge < -0.3 is 15.7 Å². The minimum Gasteiger partial charge on any atom is -0.392 e. The van der Waals surface area contributed by atoms with Gasteiger partial charge in [0.2, 0.25) is 0 Å². The van der Waals surface area contributed by atoms with E-state index < -0.39 is 17.6 Å². The molecule has 1 atom stereocenters. The van der Waals surface area contributed by atoms with Gasteiger partial charge in [0, 0.05) is 24.0 Å². The normalized spacial score (nSPS) is 15.1. The molecular weight excluding hydrogens is 447 g/mol. The van der Waals surface area contributed by atoms with Crippen LogP contribution in [0.2, 0.25) is 0 Å². The van der Waals surface area contributed by atoms with E-state index in [1.807, 2.05) is 20.8 Å². The van der Waals surface area contributed by atoms with Crippen molar-refractivity contribution in [3.8, 4) is 11.8 Å². The second-order valence-electron chi connectivity index (χ2n) is 7.34. The van der Waals surface area contributed by atoms with Crippen molar-refractivity contribution in [3.05, 3.63) is 70.7 Å². The van der Waals surface area contributed by atoms with Crippen molar-refractivity contribution in [2.24, 2.45) is 0 Å². The number of nitrogens with zero attached hydrogens (tertiary/aromatic N) is 4. The van der Waals surface area contributed by atoms with E-state index in [2.05, 4.69) is 21.9 Å². The van der Waals surface area contributed by atoms with Gasteiger partial charge in [0.15, 0.2) is 0 Å². The Bertz CT molecular complexity index is 1240. The number of halogens is 3. The van der Waals surface area contributed by atoms with Crippen LogP contribution in [-0.2, 0) is 12.8 Å². The van der Waals surface area contributed by atoms with Gasteiger partial charge in [-0.1, -0.05) is 25.7 Å². The molecule has 0 bridgehead atoms. The zero-order chi connectivity index (χ0) is 25.0. The van der Waals surface area contributed by atoms with Crippen molar-refractivity contribution in [1.29, 1.82) is 0 Å². The first-order valence-electron chi connectivity index (χ1n) is 10.6. The SMILES string of the molecule is CC.C[C@H]1CN(c2ccc(C(F)(F)F)cc2)C(=O)c2c(C#Cc3cnc(N)cc3CO)cnn21. The zero-order valence-corrected chi connectivity index (χ0v) is 18.9. The minimum atomic E-state index is -4.45. The Labute approximate surface area is 195 Å². The Morgan fingerprint density at radius 3 is 2.41 bits per heavy atom. The number of alkyl halides is 3. The van der Waals surface area contributed by atoms with E-state index in [0.29, 0.717) is 22.4 Å². The first-order valence-corrected chi connectivity index (χ1v) is 10.6. The van der Waals surface area contributed by atoms with Crippen LogP contribution >= 0.6 is 0 Å². The first kappa shape index (κ1) is 24.8. The number of carbonyl (C=O) groups is 1. The van der Waals surface area contributed by atoms with Gasteiger partial charge in [-0.3, -0.25) is 9.48 Å². The molecule has 0 saturated carbocycles. The maximum Gasteiger partial charge on any atom is 0.416 e. The summed E-state index contributed by atoms with van der Waals surface area (Å²) in [5.41, 5.74) is 6.75. The Kier molecular flexibility index (Phi) is 7.27. The van der Waals surface area contributed by atoms with E-state index in [1.165, 1.54) is 35.5 Å². The van der Waals surface area contributed by atoms with Crippen LogP contribution < -0.4 is 10.6 Å². The number of rotatable bonds is 2. The van der Waals surface area contributed by atoms with E-state index in [0.717, 1.165) is 12.1 Å². The number of carbonyl (C=O) groups excluding carboxylic acids is 1. The van der Waals surface area contributed by atoms with Crippen LogP contribution in [0.25, 0.3) is 0 Å².